The second-order valence-electron chi connectivity index (χ2n) is 10.4. The Morgan fingerprint density at radius 2 is 0.778 bits per heavy atom. The first kappa shape index (κ1) is 32.8. The van der Waals surface area contributed by atoms with Crippen molar-refractivity contribution in [2.45, 2.75) is 64.5 Å². The maximum absolute atomic E-state index is 2.51. The second kappa shape index (κ2) is 12.1. The third-order valence-electron chi connectivity index (χ3n) is 7.07. The third kappa shape index (κ3) is 5.59. The van der Waals surface area contributed by atoms with E-state index in [1.807, 2.05) is 0 Å². The molecule has 1 aliphatic carbocycles. The zero-order chi connectivity index (χ0) is 24.1. The maximum Gasteiger partial charge on any atom is -1.00 e. The molecular weight excluding hydrogens is 539 g/mol. The molecule has 4 rings (SSSR count). The van der Waals surface area contributed by atoms with Crippen molar-refractivity contribution in [2.75, 3.05) is 0 Å². The fraction of sp³-hybridized carbons (Fsp3) is 0.312. The summed E-state index contributed by atoms with van der Waals surface area (Å²) in [5.74, 6) is 0. The molecule has 4 heteroatoms. The zero-order valence-electron chi connectivity index (χ0n) is 22.5. The van der Waals surface area contributed by atoms with Gasteiger partial charge in [0, 0.05) is 0 Å². The van der Waals surface area contributed by atoms with Crippen molar-refractivity contribution in [2.24, 2.45) is 0 Å². The van der Waals surface area contributed by atoms with Crippen molar-refractivity contribution in [3.63, 3.8) is 0 Å². The molecule has 188 valence electrons. The van der Waals surface area contributed by atoms with Crippen molar-refractivity contribution in [1.82, 2.24) is 0 Å². The van der Waals surface area contributed by atoms with Crippen LogP contribution < -0.4 is 37.2 Å². The monoisotopic (exact) mass is 572 g/mol. The molecular formula is C32H35Cl3Ti. The van der Waals surface area contributed by atoms with Gasteiger partial charge in [0.25, 0.3) is 0 Å². The fourth-order valence-corrected chi connectivity index (χ4v) is 7.26. The van der Waals surface area contributed by atoms with Gasteiger partial charge >= 0.3 is 213 Å². The van der Waals surface area contributed by atoms with Gasteiger partial charge in [0.05, 0.1) is 0 Å². The van der Waals surface area contributed by atoms with Gasteiger partial charge in [-0.05, 0) is 0 Å². The van der Waals surface area contributed by atoms with Crippen molar-refractivity contribution in [1.29, 1.82) is 0 Å². The summed E-state index contributed by atoms with van der Waals surface area (Å²) in [4.78, 5) is 0. The van der Waals surface area contributed by atoms with E-state index >= 15 is 0 Å². The van der Waals surface area contributed by atoms with Crippen LogP contribution in [-0.4, -0.2) is 0 Å². The molecule has 3 aromatic carbocycles. The molecule has 0 saturated carbocycles. The Bertz CT molecular complexity index is 1130. The third-order valence-corrected chi connectivity index (χ3v) is 8.49. The van der Waals surface area contributed by atoms with Gasteiger partial charge in [0.2, 0.25) is 0 Å². The second-order valence-corrected chi connectivity index (χ2v) is 11.6. The number of aryl methyl sites for hydroxylation is 6. The maximum atomic E-state index is 2.51. The molecule has 0 spiro atoms. The molecule has 0 radical (unpaired) electrons. The average molecular weight is 574 g/mol. The van der Waals surface area contributed by atoms with Crippen LogP contribution in [-0.2, 0) is 25.9 Å². The van der Waals surface area contributed by atoms with Gasteiger partial charge in [-0.1, -0.05) is 0 Å². The number of hydrogen-bond donors (Lipinski definition) is 0. The van der Waals surface area contributed by atoms with E-state index in [1.54, 1.807) is 0 Å². The van der Waals surface area contributed by atoms with Crippen molar-refractivity contribution in [3.8, 4) is 0 Å². The van der Waals surface area contributed by atoms with Gasteiger partial charge in [0.15, 0.2) is 0 Å². The molecule has 0 fully saturated rings. The molecule has 0 saturated heterocycles. The smallest absolute Gasteiger partial charge is 1.00 e. The zero-order valence-corrected chi connectivity index (χ0v) is 26.3. The van der Waals surface area contributed by atoms with Gasteiger partial charge in [0.1, 0.15) is 0 Å². The summed E-state index contributed by atoms with van der Waals surface area (Å²) < 4.78 is -0.197. The van der Waals surface area contributed by atoms with Crippen LogP contribution in [0, 0.1) is 41.5 Å². The number of halogens is 3. The minimum Gasteiger partial charge on any atom is -1.00 e. The molecule has 1 atom stereocenters. The summed E-state index contributed by atoms with van der Waals surface area (Å²) in [7, 11) is 0. The summed E-state index contributed by atoms with van der Waals surface area (Å²) >= 11 is 2.45. The molecule has 0 amide bonds. The molecule has 0 heterocycles. The largest absolute Gasteiger partial charge is 1.00 e. The average Bonchev–Trinajstić information content (AvgIpc) is 2.92. The van der Waals surface area contributed by atoms with E-state index in [9.17, 15) is 0 Å². The summed E-state index contributed by atoms with van der Waals surface area (Å²) in [5.41, 5.74) is 14.4. The van der Waals surface area contributed by atoms with E-state index in [0.29, 0.717) is 0 Å². The van der Waals surface area contributed by atoms with Crippen LogP contribution in [0.25, 0.3) is 0 Å². The van der Waals surface area contributed by atoms with Crippen LogP contribution in [0.1, 0.15) is 63.9 Å². The van der Waals surface area contributed by atoms with Gasteiger partial charge in [-0.25, -0.2) is 0 Å². The molecule has 0 aromatic heterocycles. The molecule has 36 heavy (non-hydrogen) atoms. The molecule has 0 nitrogen and oxygen atoms in total. The molecule has 3 aromatic rings. The summed E-state index contributed by atoms with van der Waals surface area (Å²) in [5, 5.41) is 0. The number of allylic oxidation sites excluding steroid dienone is 4. The summed E-state index contributed by atoms with van der Waals surface area (Å²) in [6.45, 7) is 17.9. The summed E-state index contributed by atoms with van der Waals surface area (Å²) in [6.07, 6.45) is 4.89. The van der Waals surface area contributed by atoms with E-state index in [-0.39, 0.29) is 46.4 Å². The van der Waals surface area contributed by atoms with Gasteiger partial charge in [-0.3, -0.25) is 0 Å². The Labute approximate surface area is 248 Å². The molecule has 0 bridgehead atoms. The van der Waals surface area contributed by atoms with E-state index in [1.165, 1.54) is 61.2 Å². The van der Waals surface area contributed by atoms with E-state index < -0.39 is 0 Å². The van der Waals surface area contributed by atoms with E-state index in [0.717, 1.165) is 0 Å². The van der Waals surface area contributed by atoms with Crippen LogP contribution in [0.15, 0.2) is 77.9 Å². The SMILES string of the molecule is CC1=C[C]([Ti+3])(C(c2cc(C)cc(C)c2)(c2cc(C)cc(C)c2)c2cc(C)cc(C)c2)C(C)=C1.[Cl-].[Cl-].[Cl-]. The number of rotatable bonds is 4. The van der Waals surface area contributed by atoms with Crippen LogP contribution in [0.4, 0.5) is 0 Å². The predicted octanol–water partition coefficient (Wildman–Crippen LogP) is -0.505. The van der Waals surface area contributed by atoms with Gasteiger partial charge in [-0.2, -0.15) is 0 Å². The van der Waals surface area contributed by atoms with Crippen LogP contribution in [0.5, 0.6) is 0 Å². The summed E-state index contributed by atoms with van der Waals surface area (Å²) in [6, 6.07) is 21.4. The molecule has 0 N–H and O–H groups in total. The fourth-order valence-electron chi connectivity index (χ4n) is 6.11. The molecule has 1 aliphatic rings. The van der Waals surface area contributed by atoms with E-state index in [4.69, 9.17) is 0 Å². The minimum absolute atomic E-state index is 0. The topological polar surface area (TPSA) is 0 Å². The Morgan fingerprint density at radius 1 is 0.500 bits per heavy atom. The molecule has 0 aliphatic heterocycles. The van der Waals surface area contributed by atoms with Crippen LogP contribution >= 0.6 is 0 Å². The van der Waals surface area contributed by atoms with E-state index in [2.05, 4.69) is 143 Å². The van der Waals surface area contributed by atoms with Crippen molar-refractivity contribution in [3.05, 3.63) is 128 Å². The first-order valence-electron chi connectivity index (χ1n) is 11.9. The van der Waals surface area contributed by atoms with Gasteiger partial charge < -0.3 is 37.2 Å². The number of benzene rings is 3. The Hall–Kier alpha value is -1.28. The Morgan fingerprint density at radius 3 is 1.00 bits per heavy atom. The van der Waals surface area contributed by atoms with Crippen LogP contribution in [0.2, 0.25) is 3.72 Å². The Balaban J connectivity index is 0.00000216. The first-order chi connectivity index (χ1) is 15.5. The quantitative estimate of drug-likeness (QED) is 0.292. The molecule has 1 unspecified atom stereocenters. The van der Waals surface area contributed by atoms with Gasteiger partial charge in [-0.15, -0.1) is 0 Å². The number of hydrogen-bond acceptors (Lipinski definition) is 0. The van der Waals surface area contributed by atoms with Crippen molar-refractivity contribution < 1.29 is 57.7 Å². The van der Waals surface area contributed by atoms with Crippen LogP contribution in [0.3, 0.4) is 0 Å². The standard InChI is InChI=1S/C32H35.3ClH.Ti/c1-20-9-21(2)14-28(13-20)32(31-19-26(7)12-27(31)8,29-15-22(3)10-23(4)16-29)30-17-24(5)11-25(6)18-30;;;;/h9-19H,1-8H3;3*1H;/q;;;;+3/p-3. The Kier molecular flexibility index (Phi) is 11.0. The first-order valence-corrected chi connectivity index (χ1v) is 12.6. The predicted molar refractivity (Wildman–Crippen MR) is 138 cm³/mol. The van der Waals surface area contributed by atoms with Crippen molar-refractivity contribution >= 4 is 0 Å². The minimum atomic E-state index is -0.352. The normalized spacial score (nSPS) is 16.8.